The number of nitrogens with zero attached hydrogens (tertiary/aromatic N) is 1. The van der Waals surface area contributed by atoms with Crippen LogP contribution in [0.15, 0.2) is 42.5 Å². The Kier molecular flexibility index (Phi) is 6.21. The largest absolute Gasteiger partial charge is 0.345 e. The zero-order valence-corrected chi connectivity index (χ0v) is 15.9. The Hall–Kier alpha value is -3.29. The molecule has 1 saturated carbocycles. The van der Waals surface area contributed by atoms with E-state index in [2.05, 4.69) is 10.6 Å². The minimum absolute atomic E-state index is 0.168. The first kappa shape index (κ1) is 20.4. The average Bonchev–Trinajstić information content (AvgIpc) is 3.51. The van der Waals surface area contributed by atoms with Gasteiger partial charge in [-0.1, -0.05) is 17.7 Å². The monoisotopic (exact) mass is 401 g/mol. The summed E-state index contributed by atoms with van der Waals surface area (Å²) in [6, 6.07) is 9.72. The van der Waals surface area contributed by atoms with Gasteiger partial charge in [-0.15, -0.1) is 0 Å². The van der Waals surface area contributed by atoms with Gasteiger partial charge in [0.25, 0.3) is 5.91 Å². The predicted molar refractivity (Wildman–Crippen MR) is 103 cm³/mol. The zero-order valence-electron chi connectivity index (χ0n) is 15.9. The number of aryl methyl sites for hydroxylation is 1. The number of amides is 3. The van der Waals surface area contributed by atoms with Gasteiger partial charge in [0.2, 0.25) is 11.8 Å². The molecule has 8 heteroatoms. The van der Waals surface area contributed by atoms with E-state index < -0.39 is 29.4 Å². The second kappa shape index (κ2) is 8.81. The Bertz CT molecular complexity index is 927. The van der Waals surface area contributed by atoms with Crippen LogP contribution in [0, 0.1) is 18.6 Å². The molecule has 29 heavy (non-hydrogen) atoms. The van der Waals surface area contributed by atoms with Gasteiger partial charge in [0.1, 0.15) is 18.2 Å². The van der Waals surface area contributed by atoms with Gasteiger partial charge in [-0.05, 0) is 44.0 Å². The quantitative estimate of drug-likeness (QED) is 0.749. The van der Waals surface area contributed by atoms with E-state index in [1.165, 1.54) is 4.90 Å². The standard InChI is InChI=1S/C21H21F2N3O3/c1-13-2-5-15(6-3-13)25-19(27)11-24-20(28)12-26(16-7-8-16)21(29)17-9-4-14(22)10-18(17)23/h2-6,9-10,16H,7-8,11-12H2,1H3,(H,24,28)(H,25,27). The molecule has 0 bridgehead atoms. The third kappa shape index (κ3) is 5.60. The van der Waals surface area contributed by atoms with Crippen LogP contribution < -0.4 is 10.6 Å². The first-order valence-electron chi connectivity index (χ1n) is 9.22. The van der Waals surface area contributed by atoms with Gasteiger partial charge < -0.3 is 15.5 Å². The van der Waals surface area contributed by atoms with Crippen molar-refractivity contribution in [2.45, 2.75) is 25.8 Å². The first-order valence-corrected chi connectivity index (χ1v) is 9.22. The molecule has 3 amide bonds. The Balaban J connectivity index is 1.55. The number of carbonyl (C=O) groups excluding carboxylic acids is 3. The number of hydrogen-bond acceptors (Lipinski definition) is 3. The number of carbonyl (C=O) groups is 3. The fraction of sp³-hybridized carbons (Fsp3) is 0.286. The third-order valence-electron chi connectivity index (χ3n) is 4.51. The molecule has 2 N–H and O–H groups in total. The van der Waals surface area contributed by atoms with Gasteiger partial charge in [-0.2, -0.15) is 0 Å². The minimum Gasteiger partial charge on any atom is -0.345 e. The van der Waals surface area contributed by atoms with Crippen LogP contribution in [0.5, 0.6) is 0 Å². The highest BCUT2D eigenvalue weighted by Crippen LogP contribution is 2.28. The summed E-state index contributed by atoms with van der Waals surface area (Å²) in [5.74, 6) is -3.37. The van der Waals surface area contributed by atoms with E-state index in [1.807, 2.05) is 19.1 Å². The Labute approximate surface area is 166 Å². The lowest BCUT2D eigenvalue weighted by molar-refractivity contribution is -0.124. The summed E-state index contributed by atoms with van der Waals surface area (Å²) in [6.45, 7) is 1.36. The van der Waals surface area contributed by atoms with Gasteiger partial charge in [-0.3, -0.25) is 14.4 Å². The van der Waals surface area contributed by atoms with Crippen molar-refractivity contribution in [2.75, 3.05) is 18.4 Å². The fourth-order valence-corrected chi connectivity index (χ4v) is 2.80. The highest BCUT2D eigenvalue weighted by Gasteiger charge is 2.35. The predicted octanol–water partition coefficient (Wildman–Crippen LogP) is 2.63. The Morgan fingerprint density at radius 1 is 1.03 bits per heavy atom. The maximum absolute atomic E-state index is 13.9. The molecular formula is C21H21F2N3O3. The maximum Gasteiger partial charge on any atom is 0.257 e. The van der Waals surface area contributed by atoms with E-state index in [0.29, 0.717) is 24.6 Å². The lowest BCUT2D eigenvalue weighted by atomic mass is 10.1. The van der Waals surface area contributed by atoms with Crippen molar-refractivity contribution >= 4 is 23.4 Å². The van der Waals surface area contributed by atoms with Gasteiger partial charge in [0.15, 0.2) is 0 Å². The van der Waals surface area contributed by atoms with Gasteiger partial charge in [0, 0.05) is 17.8 Å². The number of hydrogen-bond donors (Lipinski definition) is 2. The van der Waals surface area contributed by atoms with E-state index in [0.717, 1.165) is 17.7 Å². The molecule has 1 aliphatic rings. The van der Waals surface area contributed by atoms with Gasteiger partial charge in [-0.25, -0.2) is 8.78 Å². The smallest absolute Gasteiger partial charge is 0.257 e. The maximum atomic E-state index is 13.9. The van der Waals surface area contributed by atoms with Crippen molar-refractivity contribution in [1.82, 2.24) is 10.2 Å². The molecule has 0 radical (unpaired) electrons. The molecule has 0 aliphatic heterocycles. The minimum atomic E-state index is -0.974. The van der Waals surface area contributed by atoms with Crippen molar-refractivity contribution < 1.29 is 23.2 Å². The van der Waals surface area contributed by atoms with Crippen molar-refractivity contribution in [2.24, 2.45) is 0 Å². The summed E-state index contributed by atoms with van der Waals surface area (Å²) in [5, 5.41) is 5.11. The molecule has 0 heterocycles. The number of benzene rings is 2. The molecule has 0 unspecified atom stereocenters. The highest BCUT2D eigenvalue weighted by atomic mass is 19.1. The lowest BCUT2D eigenvalue weighted by Crippen LogP contribution is -2.44. The van der Waals surface area contributed by atoms with Crippen LogP contribution in [-0.2, 0) is 9.59 Å². The molecule has 2 aromatic carbocycles. The van der Waals surface area contributed by atoms with Crippen molar-refractivity contribution in [1.29, 1.82) is 0 Å². The summed E-state index contributed by atoms with van der Waals surface area (Å²) in [4.78, 5) is 38.1. The average molecular weight is 401 g/mol. The number of rotatable bonds is 7. The normalized spacial score (nSPS) is 12.9. The van der Waals surface area contributed by atoms with E-state index in [-0.39, 0.29) is 24.7 Å². The van der Waals surface area contributed by atoms with Crippen molar-refractivity contribution in [3.63, 3.8) is 0 Å². The number of anilines is 1. The molecule has 6 nitrogen and oxygen atoms in total. The molecular weight excluding hydrogens is 380 g/mol. The molecule has 2 aromatic rings. The van der Waals surface area contributed by atoms with Crippen LogP contribution in [0.25, 0.3) is 0 Å². The van der Waals surface area contributed by atoms with Crippen LogP contribution in [0.4, 0.5) is 14.5 Å². The molecule has 1 fully saturated rings. The third-order valence-corrected chi connectivity index (χ3v) is 4.51. The SMILES string of the molecule is Cc1ccc(NC(=O)CNC(=O)CN(C(=O)c2ccc(F)cc2F)C2CC2)cc1. The van der Waals surface area contributed by atoms with Crippen molar-refractivity contribution in [3.8, 4) is 0 Å². The second-order valence-electron chi connectivity index (χ2n) is 6.98. The van der Waals surface area contributed by atoms with Gasteiger partial charge in [0.05, 0.1) is 12.1 Å². The van der Waals surface area contributed by atoms with E-state index >= 15 is 0 Å². The van der Waals surface area contributed by atoms with Crippen LogP contribution in [-0.4, -0.2) is 41.8 Å². The Morgan fingerprint density at radius 3 is 2.34 bits per heavy atom. The summed E-state index contributed by atoms with van der Waals surface area (Å²) in [5.41, 5.74) is 1.37. The lowest BCUT2D eigenvalue weighted by Gasteiger charge is -2.22. The highest BCUT2D eigenvalue weighted by molar-refractivity contribution is 5.98. The Morgan fingerprint density at radius 2 is 1.72 bits per heavy atom. The summed E-state index contributed by atoms with van der Waals surface area (Å²) in [6.07, 6.45) is 1.41. The fourth-order valence-electron chi connectivity index (χ4n) is 2.80. The molecule has 0 spiro atoms. The van der Waals surface area contributed by atoms with Crippen LogP contribution >= 0.6 is 0 Å². The molecule has 3 rings (SSSR count). The molecule has 152 valence electrons. The first-order chi connectivity index (χ1) is 13.8. The van der Waals surface area contributed by atoms with E-state index in [1.54, 1.807) is 12.1 Å². The van der Waals surface area contributed by atoms with Crippen LogP contribution in [0.1, 0.15) is 28.8 Å². The van der Waals surface area contributed by atoms with E-state index in [4.69, 9.17) is 0 Å². The van der Waals surface area contributed by atoms with Crippen molar-refractivity contribution in [3.05, 3.63) is 65.2 Å². The summed E-state index contributed by atoms with van der Waals surface area (Å²) < 4.78 is 27.0. The van der Waals surface area contributed by atoms with Gasteiger partial charge >= 0.3 is 0 Å². The number of halogens is 2. The molecule has 0 atom stereocenters. The topological polar surface area (TPSA) is 78.5 Å². The molecule has 0 aromatic heterocycles. The number of nitrogens with one attached hydrogen (secondary N) is 2. The molecule has 1 aliphatic carbocycles. The van der Waals surface area contributed by atoms with Crippen LogP contribution in [0.2, 0.25) is 0 Å². The molecule has 0 saturated heterocycles. The summed E-state index contributed by atoms with van der Waals surface area (Å²) >= 11 is 0. The summed E-state index contributed by atoms with van der Waals surface area (Å²) in [7, 11) is 0. The zero-order chi connectivity index (χ0) is 21.0. The van der Waals surface area contributed by atoms with E-state index in [9.17, 15) is 23.2 Å². The second-order valence-corrected chi connectivity index (χ2v) is 6.98. The van der Waals surface area contributed by atoms with Crippen LogP contribution in [0.3, 0.4) is 0 Å².